The first-order chi connectivity index (χ1) is 10.2. The number of nitrogens with zero attached hydrogens (tertiary/aromatic N) is 1. The Balaban J connectivity index is 2.87. The van der Waals surface area contributed by atoms with Gasteiger partial charge in [-0.05, 0) is 24.3 Å². The van der Waals surface area contributed by atoms with E-state index in [0.717, 1.165) is 0 Å². The fourth-order valence-electron chi connectivity index (χ4n) is 1.95. The van der Waals surface area contributed by atoms with Crippen molar-refractivity contribution >= 4 is 17.6 Å². The van der Waals surface area contributed by atoms with Crippen molar-refractivity contribution in [2.45, 2.75) is 40.7 Å². The number of aromatic nitrogens is 1. The number of carbonyl (C=O) groups is 2. The van der Waals surface area contributed by atoms with E-state index in [0.29, 0.717) is 17.7 Å². The lowest BCUT2D eigenvalue weighted by Gasteiger charge is -2.22. The van der Waals surface area contributed by atoms with E-state index in [1.165, 1.54) is 6.20 Å². The predicted molar refractivity (Wildman–Crippen MR) is 85.3 cm³/mol. The van der Waals surface area contributed by atoms with Gasteiger partial charge < -0.3 is 15.8 Å². The normalized spacial score (nSPS) is 12.3. The first kappa shape index (κ1) is 17.9. The number of pyridine rings is 1. The van der Waals surface area contributed by atoms with Crippen molar-refractivity contribution in [1.82, 2.24) is 10.3 Å². The number of ether oxygens (including phenoxy) is 1. The summed E-state index contributed by atoms with van der Waals surface area (Å²) in [4.78, 5) is 28.5. The number of rotatable bonds is 6. The molecule has 1 aromatic rings. The third-order valence-corrected chi connectivity index (χ3v) is 3.16. The first-order valence-corrected chi connectivity index (χ1v) is 7.41. The van der Waals surface area contributed by atoms with Crippen LogP contribution in [0.1, 0.15) is 43.6 Å². The summed E-state index contributed by atoms with van der Waals surface area (Å²) in [6.07, 6.45) is 2.98. The molecular weight excluding hydrogens is 282 g/mol. The van der Waals surface area contributed by atoms with Crippen LogP contribution in [0.2, 0.25) is 0 Å². The van der Waals surface area contributed by atoms with Gasteiger partial charge in [0, 0.05) is 6.20 Å². The molecule has 1 aromatic heterocycles. The fourth-order valence-corrected chi connectivity index (χ4v) is 1.95. The Bertz CT molecular complexity index is 521. The molecule has 1 atom stereocenters. The van der Waals surface area contributed by atoms with Gasteiger partial charge in [-0.1, -0.05) is 27.7 Å². The second-order valence-corrected chi connectivity index (χ2v) is 6.14. The zero-order chi connectivity index (χ0) is 16.9. The van der Waals surface area contributed by atoms with E-state index < -0.39 is 17.9 Å². The Morgan fingerprint density at radius 3 is 2.41 bits per heavy atom. The van der Waals surface area contributed by atoms with Crippen LogP contribution < -0.4 is 11.1 Å². The molecule has 0 aliphatic rings. The quantitative estimate of drug-likeness (QED) is 0.783. The van der Waals surface area contributed by atoms with Gasteiger partial charge in [-0.25, -0.2) is 4.79 Å². The number of esters is 1. The Morgan fingerprint density at radius 2 is 1.91 bits per heavy atom. The minimum Gasteiger partial charge on any atom is -0.464 e. The highest BCUT2D eigenvalue weighted by molar-refractivity contribution is 6.02. The predicted octanol–water partition coefficient (Wildman–Crippen LogP) is 1.93. The Labute approximate surface area is 131 Å². The van der Waals surface area contributed by atoms with Crippen LogP contribution in [-0.4, -0.2) is 29.5 Å². The monoisotopic (exact) mass is 307 g/mol. The topological polar surface area (TPSA) is 94.3 Å². The van der Waals surface area contributed by atoms with Gasteiger partial charge in [0.1, 0.15) is 6.04 Å². The van der Waals surface area contributed by atoms with E-state index in [9.17, 15) is 9.59 Å². The van der Waals surface area contributed by atoms with Gasteiger partial charge in [0.15, 0.2) is 0 Å². The van der Waals surface area contributed by atoms with Gasteiger partial charge >= 0.3 is 5.97 Å². The van der Waals surface area contributed by atoms with E-state index >= 15 is 0 Å². The van der Waals surface area contributed by atoms with Crippen molar-refractivity contribution in [3.8, 4) is 0 Å². The molecule has 22 heavy (non-hydrogen) atoms. The molecule has 0 unspecified atom stereocenters. The lowest BCUT2D eigenvalue weighted by atomic mass is 10.0. The maximum atomic E-state index is 12.4. The van der Waals surface area contributed by atoms with E-state index in [1.807, 2.05) is 27.7 Å². The number of amides is 1. The molecule has 0 fully saturated rings. The summed E-state index contributed by atoms with van der Waals surface area (Å²) < 4.78 is 5.23. The molecule has 0 aliphatic heterocycles. The molecule has 1 rings (SSSR count). The molecule has 0 aliphatic carbocycles. The van der Waals surface area contributed by atoms with Gasteiger partial charge in [0.2, 0.25) is 0 Å². The highest BCUT2D eigenvalue weighted by atomic mass is 16.5. The number of nitrogen functional groups attached to an aromatic ring is 1. The number of carbonyl (C=O) groups excluding carboxylic acids is 2. The molecule has 1 heterocycles. The van der Waals surface area contributed by atoms with Gasteiger partial charge in [-0.2, -0.15) is 0 Å². The summed E-state index contributed by atoms with van der Waals surface area (Å²) in [7, 11) is 0. The molecule has 0 saturated carbocycles. The zero-order valence-electron chi connectivity index (χ0n) is 13.8. The number of aryl methyl sites for hydroxylation is 1. The molecular formula is C16H25N3O3. The molecule has 6 nitrogen and oxygen atoms in total. The summed E-state index contributed by atoms with van der Waals surface area (Å²) in [5.74, 6) is -0.669. The van der Waals surface area contributed by atoms with Gasteiger partial charge in [0.25, 0.3) is 5.91 Å². The van der Waals surface area contributed by atoms with Crippen molar-refractivity contribution in [2.75, 3.05) is 12.3 Å². The molecule has 0 bridgehead atoms. The maximum Gasteiger partial charge on any atom is 0.328 e. The molecule has 1 amide bonds. The van der Waals surface area contributed by atoms with Crippen molar-refractivity contribution in [1.29, 1.82) is 0 Å². The highest BCUT2D eigenvalue weighted by Gasteiger charge is 2.27. The van der Waals surface area contributed by atoms with Crippen LogP contribution >= 0.6 is 0 Å². The largest absolute Gasteiger partial charge is 0.464 e. The van der Waals surface area contributed by atoms with E-state index in [1.54, 1.807) is 13.1 Å². The standard InChI is InChI=1S/C16H25N3O3/c1-9(2)8-22-16(21)14(10(3)4)19-15(20)13-11(5)6-18-7-12(13)17/h6-7,9-10,14H,8,17H2,1-5H3,(H,19,20)/t14-/m0/s1. The highest BCUT2D eigenvalue weighted by Crippen LogP contribution is 2.15. The lowest BCUT2D eigenvalue weighted by molar-refractivity contribution is -0.148. The minimum atomic E-state index is -0.710. The Kier molecular flexibility index (Phi) is 6.34. The second kappa shape index (κ2) is 7.77. The maximum absolute atomic E-state index is 12.4. The van der Waals surface area contributed by atoms with Gasteiger partial charge in [-0.3, -0.25) is 9.78 Å². The Morgan fingerprint density at radius 1 is 1.27 bits per heavy atom. The lowest BCUT2D eigenvalue weighted by Crippen LogP contribution is -2.46. The number of hydrogen-bond donors (Lipinski definition) is 2. The summed E-state index contributed by atoms with van der Waals surface area (Å²) in [6, 6.07) is -0.710. The minimum absolute atomic E-state index is 0.0908. The summed E-state index contributed by atoms with van der Waals surface area (Å²) in [6.45, 7) is 9.69. The third kappa shape index (κ3) is 4.72. The average Bonchev–Trinajstić information content (AvgIpc) is 2.41. The molecule has 3 N–H and O–H groups in total. The number of hydrogen-bond acceptors (Lipinski definition) is 5. The smallest absolute Gasteiger partial charge is 0.328 e. The van der Waals surface area contributed by atoms with E-state index in [-0.39, 0.29) is 17.5 Å². The van der Waals surface area contributed by atoms with Gasteiger partial charge in [0.05, 0.1) is 24.1 Å². The van der Waals surface area contributed by atoms with Crippen LogP contribution in [0.5, 0.6) is 0 Å². The second-order valence-electron chi connectivity index (χ2n) is 6.14. The van der Waals surface area contributed by atoms with Crippen molar-refractivity contribution in [2.24, 2.45) is 11.8 Å². The molecule has 6 heteroatoms. The molecule has 0 spiro atoms. The summed E-state index contributed by atoms with van der Waals surface area (Å²) in [5, 5.41) is 2.72. The van der Waals surface area contributed by atoms with E-state index in [4.69, 9.17) is 10.5 Å². The van der Waals surface area contributed by atoms with Crippen LogP contribution in [0.3, 0.4) is 0 Å². The van der Waals surface area contributed by atoms with Crippen molar-refractivity contribution in [3.63, 3.8) is 0 Å². The average molecular weight is 307 g/mol. The van der Waals surface area contributed by atoms with Crippen LogP contribution in [0.25, 0.3) is 0 Å². The van der Waals surface area contributed by atoms with Crippen LogP contribution in [-0.2, 0) is 9.53 Å². The molecule has 122 valence electrons. The van der Waals surface area contributed by atoms with Crippen LogP contribution in [0, 0.1) is 18.8 Å². The SMILES string of the molecule is Cc1cncc(N)c1C(=O)N[C@H](C(=O)OCC(C)C)C(C)C. The van der Waals surface area contributed by atoms with Crippen LogP contribution in [0.4, 0.5) is 5.69 Å². The van der Waals surface area contributed by atoms with Crippen LogP contribution in [0.15, 0.2) is 12.4 Å². The molecule has 0 radical (unpaired) electrons. The number of anilines is 1. The van der Waals surface area contributed by atoms with E-state index in [2.05, 4.69) is 10.3 Å². The number of nitrogens with two attached hydrogens (primary N) is 1. The zero-order valence-corrected chi connectivity index (χ0v) is 13.8. The molecule has 0 saturated heterocycles. The van der Waals surface area contributed by atoms with Crippen molar-refractivity contribution in [3.05, 3.63) is 23.5 Å². The first-order valence-electron chi connectivity index (χ1n) is 7.41. The fraction of sp³-hybridized carbons (Fsp3) is 0.562. The molecule has 0 aromatic carbocycles. The summed E-state index contributed by atoms with van der Waals surface area (Å²) in [5.41, 5.74) is 7.10. The van der Waals surface area contributed by atoms with Gasteiger partial charge in [-0.15, -0.1) is 0 Å². The third-order valence-electron chi connectivity index (χ3n) is 3.16. The Hall–Kier alpha value is -2.11. The number of nitrogens with one attached hydrogen (secondary N) is 1. The van der Waals surface area contributed by atoms with Crippen molar-refractivity contribution < 1.29 is 14.3 Å². The summed E-state index contributed by atoms with van der Waals surface area (Å²) >= 11 is 0.